The highest BCUT2D eigenvalue weighted by atomic mass is 16.4. The van der Waals surface area contributed by atoms with E-state index in [1.54, 1.807) is 24.3 Å². The average molecular weight is 165 g/mol. The second kappa shape index (κ2) is 3.88. The molecule has 0 unspecified atom stereocenters. The number of aliphatic carboxylic acids is 1. The van der Waals surface area contributed by atoms with E-state index in [1.165, 1.54) is 0 Å². The summed E-state index contributed by atoms with van der Waals surface area (Å²) >= 11 is 0. The minimum atomic E-state index is -1.09. The molecule has 0 aromatic heterocycles. The van der Waals surface area contributed by atoms with Gasteiger partial charge in [-0.3, -0.25) is 0 Å². The second-order valence-electron chi connectivity index (χ2n) is 2.52. The Kier molecular flexibility index (Phi) is 2.82. The van der Waals surface area contributed by atoms with Crippen molar-refractivity contribution in [3.63, 3.8) is 0 Å². The molecule has 0 radical (unpaired) electrons. The van der Waals surface area contributed by atoms with Crippen LogP contribution in [0.4, 0.5) is 0 Å². The van der Waals surface area contributed by atoms with Crippen LogP contribution < -0.4 is 5.11 Å². The van der Waals surface area contributed by atoms with Gasteiger partial charge in [0.2, 0.25) is 0 Å². The van der Waals surface area contributed by atoms with Gasteiger partial charge < -0.3 is 15.0 Å². The normalized spacial score (nSPS) is 9.75. The van der Waals surface area contributed by atoms with E-state index in [2.05, 4.69) is 0 Å². The maximum absolute atomic E-state index is 10.2. The number of rotatable bonds is 3. The van der Waals surface area contributed by atoms with E-state index in [9.17, 15) is 9.90 Å². The highest BCUT2D eigenvalue weighted by molar-refractivity contribution is 5.67. The Hall–Kier alpha value is -1.35. The number of carbonyl (C=O) groups excluding carboxylic acids is 1. The first-order valence-electron chi connectivity index (χ1n) is 3.61. The molecular formula is C9H9O3-. The van der Waals surface area contributed by atoms with Crippen molar-refractivity contribution >= 4 is 5.97 Å². The number of carboxylic acids is 1. The molecule has 0 aliphatic heterocycles. The van der Waals surface area contributed by atoms with E-state index < -0.39 is 5.97 Å². The smallest absolute Gasteiger partial charge is 0.0681 e. The molecule has 0 atom stereocenters. The van der Waals surface area contributed by atoms with Gasteiger partial charge in [-0.2, -0.15) is 0 Å². The summed E-state index contributed by atoms with van der Waals surface area (Å²) in [7, 11) is 0. The van der Waals surface area contributed by atoms with Crippen LogP contribution in [-0.4, -0.2) is 11.1 Å². The standard InChI is InChI=1S/C9H10O3/c10-6-8-3-1-7(2-4-8)5-9(11)12/h1-4,10H,5-6H2,(H,11,12)/p-1. The quantitative estimate of drug-likeness (QED) is 0.655. The fraction of sp³-hybridized carbons (Fsp3) is 0.222. The van der Waals surface area contributed by atoms with E-state index in [4.69, 9.17) is 5.11 Å². The third-order valence-electron chi connectivity index (χ3n) is 1.55. The molecule has 1 aromatic rings. The molecule has 0 aliphatic carbocycles. The maximum Gasteiger partial charge on any atom is 0.0681 e. The van der Waals surface area contributed by atoms with Crippen LogP contribution >= 0.6 is 0 Å². The number of carboxylic acid groups (broad SMARTS) is 1. The van der Waals surface area contributed by atoms with Crippen molar-refractivity contribution in [3.8, 4) is 0 Å². The van der Waals surface area contributed by atoms with E-state index in [1.807, 2.05) is 0 Å². The lowest BCUT2D eigenvalue weighted by atomic mass is 10.1. The van der Waals surface area contributed by atoms with Crippen molar-refractivity contribution in [1.29, 1.82) is 0 Å². The van der Waals surface area contributed by atoms with E-state index >= 15 is 0 Å². The molecule has 3 nitrogen and oxygen atoms in total. The van der Waals surface area contributed by atoms with Crippen molar-refractivity contribution in [1.82, 2.24) is 0 Å². The zero-order chi connectivity index (χ0) is 8.97. The molecule has 1 rings (SSSR count). The van der Waals surface area contributed by atoms with Gasteiger partial charge in [-0.1, -0.05) is 24.3 Å². The lowest BCUT2D eigenvalue weighted by molar-refractivity contribution is -0.304. The summed E-state index contributed by atoms with van der Waals surface area (Å²) in [5, 5.41) is 18.8. The predicted octanol–water partition coefficient (Wildman–Crippen LogP) is -0.529. The first kappa shape index (κ1) is 8.74. The molecule has 12 heavy (non-hydrogen) atoms. The van der Waals surface area contributed by atoms with Crippen LogP contribution in [0.3, 0.4) is 0 Å². The Balaban J connectivity index is 2.71. The third-order valence-corrected chi connectivity index (χ3v) is 1.55. The zero-order valence-corrected chi connectivity index (χ0v) is 6.49. The number of hydrogen-bond donors (Lipinski definition) is 1. The largest absolute Gasteiger partial charge is 0.550 e. The SMILES string of the molecule is O=C([O-])Cc1ccc(CO)cc1. The summed E-state index contributed by atoms with van der Waals surface area (Å²) in [5.41, 5.74) is 1.46. The van der Waals surface area contributed by atoms with E-state index in [0.717, 1.165) is 5.56 Å². The maximum atomic E-state index is 10.2. The van der Waals surface area contributed by atoms with Gasteiger partial charge in [0.05, 0.1) is 6.61 Å². The fourth-order valence-corrected chi connectivity index (χ4v) is 0.929. The zero-order valence-electron chi connectivity index (χ0n) is 6.49. The van der Waals surface area contributed by atoms with Gasteiger partial charge in [-0.25, -0.2) is 0 Å². The van der Waals surface area contributed by atoms with E-state index in [-0.39, 0.29) is 13.0 Å². The van der Waals surface area contributed by atoms with Crippen molar-refractivity contribution in [2.75, 3.05) is 0 Å². The minimum Gasteiger partial charge on any atom is -0.550 e. The fourth-order valence-electron chi connectivity index (χ4n) is 0.929. The third kappa shape index (κ3) is 2.36. The van der Waals surface area contributed by atoms with Gasteiger partial charge in [0, 0.05) is 12.4 Å². The molecule has 0 spiro atoms. The molecule has 0 saturated carbocycles. The Morgan fingerprint density at radius 2 is 1.75 bits per heavy atom. The highest BCUT2D eigenvalue weighted by Crippen LogP contribution is 2.04. The first-order chi connectivity index (χ1) is 5.72. The summed E-state index contributed by atoms with van der Waals surface area (Å²) in [4.78, 5) is 10.2. The molecule has 1 N–H and O–H groups in total. The summed E-state index contributed by atoms with van der Waals surface area (Å²) in [6.07, 6.45) is -0.0777. The molecular weight excluding hydrogens is 156 g/mol. The molecule has 0 fully saturated rings. The Labute approximate surface area is 70.3 Å². The monoisotopic (exact) mass is 165 g/mol. The highest BCUT2D eigenvalue weighted by Gasteiger charge is 1.93. The summed E-state index contributed by atoms with van der Waals surface area (Å²) in [6.45, 7) is -0.0222. The lowest BCUT2D eigenvalue weighted by Gasteiger charge is -2.02. The second-order valence-corrected chi connectivity index (χ2v) is 2.52. The molecule has 3 heteroatoms. The van der Waals surface area contributed by atoms with Crippen LogP contribution in [-0.2, 0) is 17.8 Å². The number of aliphatic hydroxyl groups excluding tert-OH is 1. The summed E-state index contributed by atoms with van der Waals surface area (Å²) in [6, 6.07) is 6.72. The van der Waals surface area contributed by atoms with Crippen molar-refractivity contribution in [2.24, 2.45) is 0 Å². The van der Waals surface area contributed by atoms with Gasteiger partial charge in [0.1, 0.15) is 0 Å². The molecule has 0 saturated heterocycles. The van der Waals surface area contributed by atoms with Gasteiger partial charge >= 0.3 is 0 Å². The van der Waals surface area contributed by atoms with Crippen LogP contribution in [0.25, 0.3) is 0 Å². The van der Waals surface area contributed by atoms with Crippen molar-refractivity contribution in [3.05, 3.63) is 35.4 Å². The lowest BCUT2D eigenvalue weighted by Crippen LogP contribution is -2.24. The number of hydrogen-bond acceptors (Lipinski definition) is 3. The van der Waals surface area contributed by atoms with Crippen molar-refractivity contribution < 1.29 is 15.0 Å². The minimum absolute atomic E-state index is 0.0222. The van der Waals surface area contributed by atoms with Crippen LogP contribution in [0.5, 0.6) is 0 Å². The molecule has 0 bridgehead atoms. The van der Waals surface area contributed by atoms with Crippen LogP contribution in [0.15, 0.2) is 24.3 Å². The molecule has 64 valence electrons. The predicted molar refractivity (Wildman–Crippen MR) is 41.1 cm³/mol. The Morgan fingerprint density at radius 3 is 2.17 bits per heavy atom. The van der Waals surface area contributed by atoms with Crippen LogP contribution in [0, 0.1) is 0 Å². The van der Waals surface area contributed by atoms with Crippen molar-refractivity contribution in [2.45, 2.75) is 13.0 Å². The van der Waals surface area contributed by atoms with Crippen LogP contribution in [0.2, 0.25) is 0 Å². The number of carbonyl (C=O) groups is 1. The average Bonchev–Trinajstić information content (AvgIpc) is 2.05. The molecule has 0 amide bonds. The molecule has 1 aromatic carbocycles. The molecule has 0 aliphatic rings. The summed E-state index contributed by atoms with van der Waals surface area (Å²) in [5.74, 6) is -1.09. The number of benzene rings is 1. The van der Waals surface area contributed by atoms with Gasteiger partial charge in [-0.05, 0) is 11.1 Å². The van der Waals surface area contributed by atoms with Gasteiger partial charge in [-0.15, -0.1) is 0 Å². The van der Waals surface area contributed by atoms with Crippen LogP contribution in [0.1, 0.15) is 11.1 Å². The van der Waals surface area contributed by atoms with Gasteiger partial charge in [0.15, 0.2) is 0 Å². The molecule has 0 heterocycles. The number of aliphatic hydroxyl groups is 1. The Bertz CT molecular complexity index is 264. The topological polar surface area (TPSA) is 60.4 Å². The first-order valence-corrected chi connectivity index (χ1v) is 3.61. The Morgan fingerprint density at radius 1 is 1.25 bits per heavy atom. The van der Waals surface area contributed by atoms with Gasteiger partial charge in [0.25, 0.3) is 0 Å². The van der Waals surface area contributed by atoms with E-state index in [0.29, 0.717) is 5.56 Å². The summed E-state index contributed by atoms with van der Waals surface area (Å²) < 4.78 is 0.